The fraction of sp³-hybridized carbons (Fsp3) is 0.476. The first-order valence-electron chi connectivity index (χ1n) is 9.72. The molecular weight excluding hydrogens is 324 g/mol. The molecule has 0 N–H and O–H groups in total. The predicted octanol–water partition coefficient (Wildman–Crippen LogP) is 3.37. The van der Waals surface area contributed by atoms with Crippen molar-refractivity contribution in [3.8, 4) is 11.3 Å². The Labute approximate surface area is 155 Å². The molecule has 1 aromatic carbocycles. The maximum absolute atomic E-state index is 12.7. The smallest absolute Gasteiger partial charge is 0.225 e. The summed E-state index contributed by atoms with van der Waals surface area (Å²) in [5.74, 6) is 1.51. The van der Waals surface area contributed by atoms with Gasteiger partial charge < -0.3 is 9.80 Å². The summed E-state index contributed by atoms with van der Waals surface area (Å²) in [7, 11) is 0. The minimum absolute atomic E-state index is 0.180. The molecule has 136 valence electrons. The third-order valence-corrected chi connectivity index (χ3v) is 5.56. The van der Waals surface area contributed by atoms with Crippen molar-refractivity contribution in [1.82, 2.24) is 14.9 Å². The van der Waals surface area contributed by atoms with Crippen molar-refractivity contribution in [2.75, 3.05) is 31.1 Å². The number of rotatable bonds is 3. The Hall–Kier alpha value is -2.43. The van der Waals surface area contributed by atoms with E-state index < -0.39 is 0 Å². The molecule has 3 heterocycles. The van der Waals surface area contributed by atoms with Crippen LogP contribution in [0.5, 0.6) is 0 Å². The van der Waals surface area contributed by atoms with E-state index in [0.717, 1.165) is 68.9 Å². The first kappa shape index (κ1) is 17.0. The van der Waals surface area contributed by atoms with E-state index >= 15 is 0 Å². The zero-order valence-electron chi connectivity index (χ0n) is 15.2. The van der Waals surface area contributed by atoms with E-state index in [0.29, 0.717) is 5.91 Å². The van der Waals surface area contributed by atoms with Gasteiger partial charge in [-0.15, -0.1) is 0 Å². The molecule has 4 rings (SSSR count). The number of likely N-dealkylation sites (tertiary alicyclic amines) is 1. The molecule has 0 unspecified atom stereocenters. The molecule has 0 radical (unpaired) electrons. The van der Waals surface area contributed by atoms with Crippen molar-refractivity contribution in [2.45, 2.75) is 32.1 Å². The summed E-state index contributed by atoms with van der Waals surface area (Å²) in [4.78, 5) is 26.0. The summed E-state index contributed by atoms with van der Waals surface area (Å²) < 4.78 is 0. The molecule has 2 aliphatic heterocycles. The molecule has 0 aliphatic carbocycles. The molecule has 2 aromatic rings. The van der Waals surface area contributed by atoms with Crippen LogP contribution in [0.2, 0.25) is 0 Å². The van der Waals surface area contributed by atoms with Gasteiger partial charge in [-0.3, -0.25) is 4.79 Å². The van der Waals surface area contributed by atoms with Crippen molar-refractivity contribution in [3.05, 3.63) is 42.7 Å². The van der Waals surface area contributed by atoms with Gasteiger partial charge in [0.1, 0.15) is 12.1 Å². The van der Waals surface area contributed by atoms with Gasteiger partial charge in [-0.2, -0.15) is 0 Å². The Bertz CT molecular complexity index is 735. The molecule has 26 heavy (non-hydrogen) atoms. The van der Waals surface area contributed by atoms with Crippen LogP contribution >= 0.6 is 0 Å². The Morgan fingerprint density at radius 3 is 2.38 bits per heavy atom. The minimum atomic E-state index is 0.180. The lowest BCUT2D eigenvalue weighted by Crippen LogP contribution is -2.44. The lowest BCUT2D eigenvalue weighted by atomic mass is 9.94. The molecule has 1 amide bonds. The van der Waals surface area contributed by atoms with Crippen LogP contribution in [-0.2, 0) is 4.79 Å². The molecule has 0 spiro atoms. The number of hydrogen-bond acceptors (Lipinski definition) is 4. The van der Waals surface area contributed by atoms with Crippen molar-refractivity contribution in [1.29, 1.82) is 0 Å². The second-order valence-corrected chi connectivity index (χ2v) is 7.27. The van der Waals surface area contributed by atoms with E-state index in [1.54, 1.807) is 6.33 Å². The summed E-state index contributed by atoms with van der Waals surface area (Å²) in [6, 6.07) is 12.2. The number of carbonyl (C=O) groups excluding carboxylic acids is 1. The average Bonchev–Trinajstić information content (AvgIpc) is 2.75. The van der Waals surface area contributed by atoms with Crippen molar-refractivity contribution in [3.63, 3.8) is 0 Å². The lowest BCUT2D eigenvalue weighted by molar-refractivity contribution is -0.137. The van der Waals surface area contributed by atoms with E-state index in [2.05, 4.69) is 38.0 Å². The summed E-state index contributed by atoms with van der Waals surface area (Å²) in [6.45, 7) is 3.67. The number of aromatic nitrogens is 2. The number of piperidine rings is 2. The zero-order chi connectivity index (χ0) is 17.8. The van der Waals surface area contributed by atoms with E-state index in [1.165, 1.54) is 6.42 Å². The number of amides is 1. The number of anilines is 1. The van der Waals surface area contributed by atoms with Gasteiger partial charge in [0.05, 0.1) is 5.69 Å². The van der Waals surface area contributed by atoms with Crippen molar-refractivity contribution >= 4 is 11.7 Å². The molecule has 5 heteroatoms. The minimum Gasteiger partial charge on any atom is -0.356 e. The summed E-state index contributed by atoms with van der Waals surface area (Å²) in [5.41, 5.74) is 2.05. The van der Waals surface area contributed by atoms with Crippen LogP contribution < -0.4 is 4.90 Å². The lowest BCUT2D eigenvalue weighted by Gasteiger charge is -2.36. The van der Waals surface area contributed by atoms with Crippen LogP contribution in [0.1, 0.15) is 32.1 Å². The second kappa shape index (κ2) is 7.85. The highest BCUT2D eigenvalue weighted by atomic mass is 16.2. The Morgan fingerprint density at radius 1 is 0.923 bits per heavy atom. The topological polar surface area (TPSA) is 49.3 Å². The first-order valence-corrected chi connectivity index (χ1v) is 9.72. The van der Waals surface area contributed by atoms with Crippen molar-refractivity contribution in [2.24, 2.45) is 5.92 Å². The number of nitrogens with zero attached hydrogens (tertiary/aromatic N) is 4. The molecule has 2 fully saturated rings. The van der Waals surface area contributed by atoms with E-state index in [4.69, 9.17) is 0 Å². The molecule has 0 saturated carbocycles. The maximum Gasteiger partial charge on any atom is 0.225 e. The van der Waals surface area contributed by atoms with Gasteiger partial charge in [0.25, 0.3) is 0 Å². The molecule has 0 atom stereocenters. The van der Waals surface area contributed by atoms with Crippen molar-refractivity contribution < 1.29 is 4.79 Å². The highest BCUT2D eigenvalue weighted by Gasteiger charge is 2.29. The molecule has 2 aliphatic rings. The average molecular weight is 350 g/mol. The van der Waals surface area contributed by atoms with Gasteiger partial charge in [-0.05, 0) is 32.1 Å². The summed E-state index contributed by atoms with van der Waals surface area (Å²) in [6.07, 6.45) is 7.06. The Balaban J connectivity index is 1.39. The molecule has 2 saturated heterocycles. The fourth-order valence-corrected chi connectivity index (χ4v) is 4.01. The monoisotopic (exact) mass is 350 g/mol. The maximum atomic E-state index is 12.7. The fourth-order valence-electron chi connectivity index (χ4n) is 4.01. The second-order valence-electron chi connectivity index (χ2n) is 7.27. The third-order valence-electron chi connectivity index (χ3n) is 5.56. The SMILES string of the molecule is O=C(C1CCN(c2cc(-c3ccccc3)ncn2)CC1)N1CCCCC1. The quantitative estimate of drug-likeness (QED) is 0.851. The van der Waals surface area contributed by atoms with Crippen LogP contribution in [0.3, 0.4) is 0 Å². The van der Waals surface area contributed by atoms with Gasteiger partial charge >= 0.3 is 0 Å². The van der Waals surface area contributed by atoms with Crippen LogP contribution in [-0.4, -0.2) is 47.0 Å². The van der Waals surface area contributed by atoms with Crippen LogP contribution in [0.25, 0.3) is 11.3 Å². The van der Waals surface area contributed by atoms with Crippen LogP contribution in [0.4, 0.5) is 5.82 Å². The third kappa shape index (κ3) is 3.71. The number of carbonyl (C=O) groups is 1. The zero-order valence-corrected chi connectivity index (χ0v) is 15.2. The normalized spacial score (nSPS) is 18.8. The Morgan fingerprint density at radius 2 is 1.65 bits per heavy atom. The Kier molecular flexibility index (Phi) is 5.14. The van der Waals surface area contributed by atoms with E-state index in [1.807, 2.05) is 18.2 Å². The highest BCUT2D eigenvalue weighted by Crippen LogP contribution is 2.26. The molecular formula is C21H26N4O. The van der Waals surface area contributed by atoms with Gasteiger partial charge in [0.15, 0.2) is 0 Å². The van der Waals surface area contributed by atoms with Gasteiger partial charge in [-0.1, -0.05) is 30.3 Å². The molecule has 0 bridgehead atoms. The van der Waals surface area contributed by atoms with E-state index in [9.17, 15) is 4.79 Å². The summed E-state index contributed by atoms with van der Waals surface area (Å²) >= 11 is 0. The number of benzene rings is 1. The number of hydrogen-bond donors (Lipinski definition) is 0. The summed E-state index contributed by atoms with van der Waals surface area (Å²) in [5, 5.41) is 0. The first-order chi connectivity index (χ1) is 12.8. The predicted molar refractivity (Wildman–Crippen MR) is 103 cm³/mol. The largest absolute Gasteiger partial charge is 0.356 e. The van der Waals surface area contributed by atoms with E-state index in [-0.39, 0.29) is 5.92 Å². The molecule has 1 aromatic heterocycles. The van der Waals surface area contributed by atoms with Crippen LogP contribution in [0.15, 0.2) is 42.7 Å². The van der Waals surface area contributed by atoms with Gasteiger partial charge in [0, 0.05) is 43.7 Å². The van der Waals surface area contributed by atoms with Gasteiger partial charge in [-0.25, -0.2) is 9.97 Å². The highest BCUT2D eigenvalue weighted by molar-refractivity contribution is 5.79. The van der Waals surface area contributed by atoms with Gasteiger partial charge in [0.2, 0.25) is 5.91 Å². The standard InChI is InChI=1S/C21H26N4O/c26-21(25-11-5-2-6-12-25)18-9-13-24(14-10-18)20-15-19(22-16-23-20)17-7-3-1-4-8-17/h1,3-4,7-8,15-16,18H,2,5-6,9-14H2. The van der Waals surface area contributed by atoms with Crippen LogP contribution in [0, 0.1) is 5.92 Å². The molecule has 5 nitrogen and oxygen atoms in total.